The van der Waals surface area contributed by atoms with Gasteiger partial charge in [-0.3, -0.25) is 9.59 Å². The fraction of sp³-hybridized carbons (Fsp3) is 0.645. The molecule has 1 aromatic carbocycles. The van der Waals surface area contributed by atoms with Gasteiger partial charge in [0, 0.05) is 37.5 Å². The van der Waals surface area contributed by atoms with Crippen molar-refractivity contribution in [3.8, 4) is 0 Å². The third-order valence-electron chi connectivity index (χ3n) is 10.4. The van der Waals surface area contributed by atoms with Crippen molar-refractivity contribution in [3.63, 3.8) is 0 Å². The molecule has 1 aliphatic heterocycles. The van der Waals surface area contributed by atoms with E-state index in [1.54, 1.807) is 58.0 Å². The minimum atomic E-state index is -2.07. The first-order chi connectivity index (χ1) is 19.5. The maximum absolute atomic E-state index is 13.7. The van der Waals surface area contributed by atoms with Crippen LogP contribution in [0.5, 0.6) is 0 Å². The number of benzene rings is 1. The molecule has 11 heteroatoms. The van der Waals surface area contributed by atoms with Crippen LogP contribution in [0.3, 0.4) is 0 Å². The van der Waals surface area contributed by atoms with Gasteiger partial charge >= 0.3 is 17.9 Å². The van der Waals surface area contributed by atoms with Crippen molar-refractivity contribution in [2.75, 3.05) is 6.61 Å². The van der Waals surface area contributed by atoms with Crippen LogP contribution in [0.2, 0.25) is 0 Å². The minimum absolute atomic E-state index is 0.00542. The van der Waals surface area contributed by atoms with Crippen molar-refractivity contribution in [1.82, 2.24) is 0 Å². The van der Waals surface area contributed by atoms with E-state index in [0.29, 0.717) is 5.57 Å². The van der Waals surface area contributed by atoms with Crippen LogP contribution in [0.15, 0.2) is 41.5 Å². The average molecular weight is 589 g/mol. The van der Waals surface area contributed by atoms with Crippen LogP contribution < -0.4 is 0 Å². The number of fused-ring (bicyclic) bond motifs is 5. The van der Waals surface area contributed by atoms with Crippen molar-refractivity contribution < 1.29 is 53.8 Å². The molecule has 0 amide bonds. The number of carbonyl (C=O) groups excluding carboxylic acids is 3. The van der Waals surface area contributed by atoms with E-state index in [9.17, 15) is 34.8 Å². The predicted molar refractivity (Wildman–Crippen MR) is 146 cm³/mol. The van der Waals surface area contributed by atoms with Gasteiger partial charge in [0.15, 0.2) is 5.60 Å². The predicted octanol–water partition coefficient (Wildman–Crippen LogP) is 1.44. The lowest BCUT2D eigenvalue weighted by Gasteiger charge is -2.69. The van der Waals surface area contributed by atoms with Crippen molar-refractivity contribution in [1.29, 1.82) is 0 Å². The summed E-state index contributed by atoms with van der Waals surface area (Å²) in [4.78, 5) is 38.7. The summed E-state index contributed by atoms with van der Waals surface area (Å²) in [7, 11) is 0. The van der Waals surface area contributed by atoms with E-state index in [-0.39, 0.29) is 30.6 Å². The van der Waals surface area contributed by atoms with E-state index in [4.69, 9.17) is 18.9 Å². The number of aliphatic hydroxyl groups excluding tert-OH is 3. The quantitative estimate of drug-likeness (QED) is 0.228. The zero-order chi connectivity index (χ0) is 31.0. The lowest BCUT2D eigenvalue weighted by molar-refractivity contribution is -0.365. The lowest BCUT2D eigenvalue weighted by atomic mass is 9.44. The van der Waals surface area contributed by atoms with E-state index in [1.165, 1.54) is 13.8 Å². The smallest absolute Gasteiger partial charge is 0.338 e. The zero-order valence-electron chi connectivity index (χ0n) is 24.7. The Morgan fingerprint density at radius 1 is 0.976 bits per heavy atom. The number of carbonyl (C=O) groups is 3. The van der Waals surface area contributed by atoms with Crippen LogP contribution in [-0.4, -0.2) is 92.8 Å². The van der Waals surface area contributed by atoms with E-state index in [1.807, 2.05) is 0 Å². The standard InChI is InChI=1S/C31H40O11/c1-15-19(34)13-31(38)26(41-27(37)18-10-8-7-9-11-18)24-29(6,25(36)23(35)22(15)28(31,4)5)20(40-16(2)32)12-21-30(24,14-39-21)42-17(3)33/h7-11,19-21,23-26,34-36,38H,12-14H2,1-6H3/t19-,20-,21+,23+,24-,25-,26-,29+,30-,31+/m0/s1. The third-order valence-corrected chi connectivity index (χ3v) is 10.4. The molecule has 5 rings (SSSR count). The van der Waals surface area contributed by atoms with Crippen molar-refractivity contribution >= 4 is 17.9 Å². The Hall–Kier alpha value is -2.83. The number of hydrogen-bond donors (Lipinski definition) is 4. The molecule has 4 aliphatic rings. The SMILES string of the molecule is CC(=O)O[C@H]1C[C@H]2OC[C@@]2(OC(C)=O)[C@H]2[C@H](OC(=O)c3ccccc3)[C@]3(O)C[C@H](O)C(C)=C([C@@H](O)[C@H](O)[C@]12C)C3(C)C. The van der Waals surface area contributed by atoms with E-state index >= 15 is 0 Å². The van der Waals surface area contributed by atoms with Crippen molar-refractivity contribution in [3.05, 3.63) is 47.0 Å². The monoisotopic (exact) mass is 588 g/mol. The minimum Gasteiger partial charge on any atom is -0.462 e. The highest BCUT2D eigenvalue weighted by Gasteiger charge is 2.78. The summed E-state index contributed by atoms with van der Waals surface area (Å²) in [6, 6.07) is 8.12. The van der Waals surface area contributed by atoms with E-state index in [0.717, 1.165) is 0 Å². The summed E-state index contributed by atoms with van der Waals surface area (Å²) >= 11 is 0. The first-order valence-electron chi connectivity index (χ1n) is 14.2. The Balaban J connectivity index is 1.83. The Bertz CT molecular complexity index is 1310. The summed E-state index contributed by atoms with van der Waals surface area (Å²) in [5.74, 6) is -3.40. The Labute approximate surface area is 244 Å². The van der Waals surface area contributed by atoms with Crippen molar-refractivity contribution in [2.24, 2.45) is 16.7 Å². The highest BCUT2D eigenvalue weighted by molar-refractivity contribution is 5.89. The molecule has 0 spiro atoms. The van der Waals surface area contributed by atoms with Gasteiger partial charge in [0.25, 0.3) is 0 Å². The zero-order valence-corrected chi connectivity index (χ0v) is 24.7. The van der Waals surface area contributed by atoms with Gasteiger partial charge in [-0.2, -0.15) is 0 Å². The van der Waals surface area contributed by atoms with Crippen LogP contribution in [0.1, 0.15) is 64.7 Å². The lowest BCUT2D eigenvalue weighted by Crippen LogP contribution is -2.82. The molecule has 4 N–H and O–H groups in total. The highest BCUT2D eigenvalue weighted by Crippen LogP contribution is 2.65. The topological polar surface area (TPSA) is 169 Å². The Morgan fingerprint density at radius 3 is 2.17 bits per heavy atom. The second-order valence-corrected chi connectivity index (χ2v) is 13.0. The number of ether oxygens (including phenoxy) is 4. The van der Waals surface area contributed by atoms with Gasteiger partial charge in [-0.15, -0.1) is 0 Å². The van der Waals surface area contributed by atoms with E-state index < -0.39 is 82.5 Å². The number of aliphatic hydroxyl groups is 4. The average Bonchev–Trinajstić information content (AvgIpc) is 2.90. The molecule has 230 valence electrons. The molecule has 0 radical (unpaired) electrons. The molecule has 0 unspecified atom stereocenters. The Morgan fingerprint density at radius 2 is 1.62 bits per heavy atom. The summed E-state index contributed by atoms with van der Waals surface area (Å²) in [5, 5.41) is 48.0. The molecule has 11 nitrogen and oxygen atoms in total. The van der Waals surface area contributed by atoms with Gasteiger partial charge < -0.3 is 39.4 Å². The molecule has 2 bridgehead atoms. The highest BCUT2D eigenvalue weighted by atomic mass is 16.6. The maximum atomic E-state index is 13.7. The molecular weight excluding hydrogens is 548 g/mol. The van der Waals surface area contributed by atoms with Crippen LogP contribution in [0, 0.1) is 16.7 Å². The molecule has 1 heterocycles. The molecule has 10 atom stereocenters. The van der Waals surface area contributed by atoms with Gasteiger partial charge in [0.05, 0.1) is 30.3 Å². The first kappa shape index (κ1) is 30.6. The molecule has 42 heavy (non-hydrogen) atoms. The Kier molecular flexibility index (Phi) is 7.38. The van der Waals surface area contributed by atoms with Gasteiger partial charge in [-0.1, -0.05) is 39.0 Å². The fourth-order valence-corrected chi connectivity index (χ4v) is 8.24. The summed E-state index contributed by atoms with van der Waals surface area (Å²) in [5.41, 5.74) is -5.89. The number of esters is 3. The van der Waals surface area contributed by atoms with Gasteiger partial charge in [-0.25, -0.2) is 4.79 Å². The van der Waals surface area contributed by atoms with Gasteiger partial charge in [-0.05, 0) is 30.2 Å². The van der Waals surface area contributed by atoms with Crippen LogP contribution >= 0.6 is 0 Å². The largest absolute Gasteiger partial charge is 0.462 e. The number of hydrogen-bond acceptors (Lipinski definition) is 11. The van der Waals surface area contributed by atoms with Crippen LogP contribution in [0.4, 0.5) is 0 Å². The molecule has 3 aliphatic carbocycles. The molecule has 2 saturated carbocycles. The summed E-state index contributed by atoms with van der Waals surface area (Å²) in [6.45, 7) is 8.76. The second kappa shape index (κ2) is 10.1. The second-order valence-electron chi connectivity index (χ2n) is 13.0. The first-order valence-corrected chi connectivity index (χ1v) is 14.2. The maximum Gasteiger partial charge on any atom is 0.338 e. The van der Waals surface area contributed by atoms with Gasteiger partial charge in [0.2, 0.25) is 0 Å². The van der Waals surface area contributed by atoms with Crippen LogP contribution in [0.25, 0.3) is 0 Å². The number of rotatable bonds is 4. The summed E-state index contributed by atoms with van der Waals surface area (Å²) in [6.07, 6.45) is -8.36. The molecule has 0 aromatic heterocycles. The molecular formula is C31H40O11. The van der Waals surface area contributed by atoms with Crippen molar-refractivity contribution in [2.45, 2.75) is 102 Å². The van der Waals surface area contributed by atoms with E-state index in [2.05, 4.69) is 0 Å². The van der Waals surface area contributed by atoms with Crippen LogP contribution in [-0.2, 0) is 28.5 Å². The normalized spacial score (nSPS) is 42.1. The summed E-state index contributed by atoms with van der Waals surface area (Å²) < 4.78 is 23.8. The molecule has 3 fully saturated rings. The molecule has 1 aromatic rings. The third kappa shape index (κ3) is 4.16. The van der Waals surface area contributed by atoms with Gasteiger partial charge in [0.1, 0.15) is 30.0 Å². The fourth-order valence-electron chi connectivity index (χ4n) is 8.24. The molecule has 1 saturated heterocycles.